The number of halogens is 2. The van der Waals surface area contributed by atoms with Gasteiger partial charge in [-0.3, -0.25) is 4.79 Å². The number of carbonyl (C=O) groups is 1. The molecule has 1 rings (SSSR count). The maximum atomic E-state index is 13.0. The predicted molar refractivity (Wildman–Crippen MR) is 41.9 cm³/mol. The van der Waals surface area contributed by atoms with Crippen molar-refractivity contribution in [3.05, 3.63) is 35.4 Å². The van der Waals surface area contributed by atoms with Crippen molar-refractivity contribution in [2.24, 2.45) is 0 Å². The molecule has 0 saturated carbocycles. The molecule has 1 aromatic carbocycles. The predicted octanol–water partition coefficient (Wildman–Crippen LogP) is 2.20. The molecule has 1 aromatic rings. The molecular formula is C9H8F2O2. The van der Waals surface area contributed by atoms with Gasteiger partial charge in [0.1, 0.15) is 6.10 Å². The van der Waals surface area contributed by atoms with Crippen LogP contribution in [0.25, 0.3) is 0 Å². The Hall–Kier alpha value is -1.45. The number of carbonyl (C=O) groups excluding carboxylic acids is 1. The van der Waals surface area contributed by atoms with Gasteiger partial charge in [-0.15, -0.1) is 0 Å². The molecule has 0 heterocycles. The van der Waals surface area contributed by atoms with Crippen LogP contribution in [0, 0.1) is 11.6 Å². The first-order chi connectivity index (χ1) is 6.16. The summed E-state index contributed by atoms with van der Waals surface area (Å²) in [6, 6.07) is 3.73. The Bertz CT molecular complexity index is 312. The molecule has 70 valence electrons. The van der Waals surface area contributed by atoms with Crippen molar-refractivity contribution < 1.29 is 18.3 Å². The fourth-order valence-electron chi connectivity index (χ4n) is 0.991. The maximum absolute atomic E-state index is 13.0. The second-order valence-electron chi connectivity index (χ2n) is 2.52. The van der Waals surface area contributed by atoms with Crippen LogP contribution in [-0.4, -0.2) is 6.47 Å². The van der Waals surface area contributed by atoms with Gasteiger partial charge < -0.3 is 4.74 Å². The van der Waals surface area contributed by atoms with Crippen molar-refractivity contribution >= 4 is 6.47 Å². The SMILES string of the molecule is CC(OC=O)c1cccc(F)c1F. The quantitative estimate of drug-likeness (QED) is 0.676. The third-order valence-electron chi connectivity index (χ3n) is 1.68. The molecule has 2 nitrogen and oxygen atoms in total. The Morgan fingerprint density at radius 2 is 2.15 bits per heavy atom. The molecule has 0 N–H and O–H groups in total. The van der Waals surface area contributed by atoms with Crippen LogP contribution in [-0.2, 0) is 9.53 Å². The Kier molecular flexibility index (Phi) is 2.95. The van der Waals surface area contributed by atoms with E-state index in [2.05, 4.69) is 4.74 Å². The lowest BCUT2D eigenvalue weighted by atomic mass is 10.1. The smallest absolute Gasteiger partial charge is 0.293 e. The van der Waals surface area contributed by atoms with Gasteiger partial charge in [-0.05, 0) is 13.0 Å². The molecule has 0 aliphatic carbocycles. The molecule has 0 fully saturated rings. The fourth-order valence-corrected chi connectivity index (χ4v) is 0.991. The molecule has 0 aromatic heterocycles. The van der Waals surface area contributed by atoms with E-state index in [9.17, 15) is 13.6 Å². The van der Waals surface area contributed by atoms with Crippen molar-refractivity contribution in [1.29, 1.82) is 0 Å². The Labute approximate surface area is 74.1 Å². The number of benzene rings is 1. The summed E-state index contributed by atoms with van der Waals surface area (Å²) in [7, 11) is 0. The second-order valence-corrected chi connectivity index (χ2v) is 2.52. The zero-order chi connectivity index (χ0) is 9.84. The topological polar surface area (TPSA) is 26.3 Å². The van der Waals surface area contributed by atoms with Crippen LogP contribution in [0.2, 0.25) is 0 Å². The highest BCUT2D eigenvalue weighted by molar-refractivity contribution is 5.38. The fraction of sp³-hybridized carbons (Fsp3) is 0.222. The van der Waals surface area contributed by atoms with Gasteiger partial charge in [-0.25, -0.2) is 8.78 Å². The molecular weight excluding hydrogens is 178 g/mol. The number of hydrogen-bond acceptors (Lipinski definition) is 2. The molecule has 0 radical (unpaired) electrons. The van der Waals surface area contributed by atoms with E-state index in [4.69, 9.17) is 0 Å². The van der Waals surface area contributed by atoms with Gasteiger partial charge in [-0.2, -0.15) is 0 Å². The standard InChI is InChI=1S/C9H8F2O2/c1-6(13-5-12)7-3-2-4-8(10)9(7)11/h2-6H,1H3. The first-order valence-corrected chi connectivity index (χ1v) is 3.70. The number of rotatable bonds is 3. The molecule has 1 unspecified atom stereocenters. The highest BCUT2D eigenvalue weighted by Crippen LogP contribution is 2.20. The average Bonchev–Trinajstić information content (AvgIpc) is 2.10. The minimum atomic E-state index is -0.975. The Morgan fingerprint density at radius 1 is 1.46 bits per heavy atom. The van der Waals surface area contributed by atoms with Crippen LogP contribution >= 0.6 is 0 Å². The highest BCUT2D eigenvalue weighted by Gasteiger charge is 2.14. The van der Waals surface area contributed by atoms with E-state index in [0.29, 0.717) is 0 Å². The van der Waals surface area contributed by atoms with Crippen LogP contribution in [0.1, 0.15) is 18.6 Å². The van der Waals surface area contributed by atoms with E-state index < -0.39 is 17.7 Å². The Balaban J connectivity index is 3.00. The summed E-state index contributed by atoms with van der Waals surface area (Å²) in [5, 5.41) is 0. The zero-order valence-corrected chi connectivity index (χ0v) is 6.96. The molecule has 0 aliphatic heterocycles. The summed E-state index contributed by atoms with van der Waals surface area (Å²) in [6.07, 6.45) is -0.770. The van der Waals surface area contributed by atoms with Crippen LogP contribution in [0.15, 0.2) is 18.2 Å². The minimum Gasteiger partial charge on any atom is -0.460 e. The zero-order valence-electron chi connectivity index (χ0n) is 6.96. The van der Waals surface area contributed by atoms with Gasteiger partial charge in [0.05, 0.1) is 0 Å². The second kappa shape index (κ2) is 3.98. The molecule has 13 heavy (non-hydrogen) atoms. The summed E-state index contributed by atoms with van der Waals surface area (Å²) in [6.45, 7) is 1.67. The largest absolute Gasteiger partial charge is 0.460 e. The first-order valence-electron chi connectivity index (χ1n) is 3.70. The molecule has 0 amide bonds. The number of hydrogen-bond donors (Lipinski definition) is 0. The van der Waals surface area contributed by atoms with Gasteiger partial charge in [-0.1, -0.05) is 12.1 Å². The normalized spacial score (nSPS) is 12.2. The number of ether oxygens (including phenoxy) is 1. The van der Waals surface area contributed by atoms with E-state index in [1.165, 1.54) is 19.1 Å². The minimum absolute atomic E-state index is 0.0344. The van der Waals surface area contributed by atoms with Crippen molar-refractivity contribution in [2.45, 2.75) is 13.0 Å². The summed E-state index contributed by atoms with van der Waals surface area (Å²) >= 11 is 0. The van der Waals surface area contributed by atoms with Crippen LogP contribution in [0.3, 0.4) is 0 Å². The van der Waals surface area contributed by atoms with E-state index >= 15 is 0 Å². The van der Waals surface area contributed by atoms with E-state index in [-0.39, 0.29) is 12.0 Å². The van der Waals surface area contributed by atoms with Crippen molar-refractivity contribution in [3.8, 4) is 0 Å². The van der Waals surface area contributed by atoms with E-state index in [0.717, 1.165) is 6.07 Å². The average molecular weight is 186 g/mol. The maximum Gasteiger partial charge on any atom is 0.293 e. The van der Waals surface area contributed by atoms with Crippen molar-refractivity contribution in [3.63, 3.8) is 0 Å². The van der Waals surface area contributed by atoms with Crippen LogP contribution in [0.5, 0.6) is 0 Å². The highest BCUT2D eigenvalue weighted by atomic mass is 19.2. The van der Waals surface area contributed by atoms with Crippen molar-refractivity contribution in [2.75, 3.05) is 0 Å². The molecule has 0 spiro atoms. The molecule has 0 aliphatic rings. The summed E-state index contributed by atoms with van der Waals surface area (Å²) in [4.78, 5) is 9.95. The van der Waals surface area contributed by atoms with E-state index in [1.54, 1.807) is 0 Å². The lowest BCUT2D eigenvalue weighted by Crippen LogP contribution is -2.02. The van der Waals surface area contributed by atoms with Gasteiger partial charge >= 0.3 is 0 Å². The lowest BCUT2D eigenvalue weighted by molar-refractivity contribution is -0.133. The van der Waals surface area contributed by atoms with Gasteiger partial charge in [0, 0.05) is 5.56 Å². The summed E-state index contributed by atoms with van der Waals surface area (Å²) < 4.78 is 30.1. The van der Waals surface area contributed by atoms with Crippen LogP contribution < -0.4 is 0 Å². The van der Waals surface area contributed by atoms with Gasteiger partial charge in [0.2, 0.25) is 0 Å². The van der Waals surface area contributed by atoms with Gasteiger partial charge in [0.15, 0.2) is 11.6 Å². The van der Waals surface area contributed by atoms with Crippen molar-refractivity contribution in [1.82, 2.24) is 0 Å². The molecule has 0 bridgehead atoms. The van der Waals surface area contributed by atoms with Gasteiger partial charge in [0.25, 0.3) is 6.47 Å². The monoisotopic (exact) mass is 186 g/mol. The molecule has 1 atom stereocenters. The lowest BCUT2D eigenvalue weighted by Gasteiger charge is -2.10. The molecule has 4 heteroatoms. The third-order valence-corrected chi connectivity index (χ3v) is 1.68. The van der Waals surface area contributed by atoms with E-state index in [1.807, 2.05) is 0 Å². The summed E-state index contributed by atoms with van der Waals surface area (Å²) in [5.41, 5.74) is 0.0344. The summed E-state index contributed by atoms with van der Waals surface area (Å²) in [5.74, 6) is -1.92. The Morgan fingerprint density at radius 3 is 2.77 bits per heavy atom. The third kappa shape index (κ3) is 2.02. The molecule has 0 saturated heterocycles. The first kappa shape index (κ1) is 9.64. The van der Waals surface area contributed by atoms with Crippen LogP contribution in [0.4, 0.5) is 8.78 Å².